The number of aromatic nitrogens is 1. The van der Waals surface area contributed by atoms with Crippen molar-refractivity contribution in [3.8, 4) is 5.75 Å². The van der Waals surface area contributed by atoms with Gasteiger partial charge in [0.15, 0.2) is 0 Å². The molecule has 4 heteroatoms. The molecular formula is C29H30N2O2. The minimum atomic E-state index is 0.265. The molecule has 0 aliphatic carbocycles. The Morgan fingerprint density at radius 2 is 1.76 bits per heavy atom. The molecule has 0 N–H and O–H groups in total. The minimum Gasteiger partial charge on any atom is -0.497 e. The highest BCUT2D eigenvalue weighted by Crippen LogP contribution is 2.34. The van der Waals surface area contributed by atoms with Gasteiger partial charge in [-0.05, 0) is 47.7 Å². The monoisotopic (exact) mass is 438 g/mol. The first kappa shape index (κ1) is 21.3. The van der Waals surface area contributed by atoms with Gasteiger partial charge in [0.1, 0.15) is 5.75 Å². The molecule has 0 radical (unpaired) electrons. The fourth-order valence-corrected chi connectivity index (χ4v) is 4.99. The summed E-state index contributed by atoms with van der Waals surface area (Å²) in [7, 11) is 1.70. The molecule has 33 heavy (non-hydrogen) atoms. The highest BCUT2D eigenvalue weighted by Gasteiger charge is 2.29. The molecular weight excluding hydrogens is 408 g/mol. The zero-order valence-electron chi connectivity index (χ0n) is 19.1. The predicted molar refractivity (Wildman–Crippen MR) is 133 cm³/mol. The second kappa shape index (κ2) is 9.53. The van der Waals surface area contributed by atoms with Crippen LogP contribution < -0.4 is 4.74 Å². The van der Waals surface area contributed by atoms with E-state index in [0.717, 1.165) is 38.2 Å². The minimum absolute atomic E-state index is 0.265. The second-order valence-corrected chi connectivity index (χ2v) is 8.89. The summed E-state index contributed by atoms with van der Waals surface area (Å²) in [4.78, 5) is 14.9. The van der Waals surface area contributed by atoms with Gasteiger partial charge in [-0.25, -0.2) is 0 Å². The number of hydrogen-bond acceptors (Lipinski definition) is 2. The molecule has 0 saturated carbocycles. The Balaban J connectivity index is 1.32. The Hall–Kier alpha value is -3.53. The summed E-state index contributed by atoms with van der Waals surface area (Å²) < 4.78 is 7.73. The normalized spacial score (nSPS) is 15.8. The number of methoxy groups -OCH3 is 1. The number of fused-ring (bicyclic) bond motifs is 1. The Morgan fingerprint density at radius 3 is 2.61 bits per heavy atom. The van der Waals surface area contributed by atoms with Crippen molar-refractivity contribution in [2.24, 2.45) is 0 Å². The van der Waals surface area contributed by atoms with E-state index >= 15 is 0 Å². The van der Waals surface area contributed by atoms with Crippen LogP contribution in [0.15, 0.2) is 85.1 Å². The molecule has 2 heterocycles. The molecule has 0 bridgehead atoms. The average Bonchev–Trinajstić information content (AvgIpc) is 3.49. The summed E-state index contributed by atoms with van der Waals surface area (Å²) in [6.45, 7) is 2.44. The zero-order valence-corrected chi connectivity index (χ0v) is 19.1. The van der Waals surface area contributed by atoms with Gasteiger partial charge in [-0.3, -0.25) is 4.79 Å². The Bertz CT molecular complexity index is 1240. The van der Waals surface area contributed by atoms with Crippen molar-refractivity contribution in [1.82, 2.24) is 9.47 Å². The summed E-state index contributed by atoms with van der Waals surface area (Å²) in [5, 5.41) is 1.30. The lowest BCUT2D eigenvalue weighted by Gasteiger charge is -2.16. The Morgan fingerprint density at radius 1 is 0.970 bits per heavy atom. The lowest BCUT2D eigenvalue weighted by molar-refractivity contribution is -0.130. The summed E-state index contributed by atoms with van der Waals surface area (Å²) in [6, 6.07) is 27.1. The first-order chi connectivity index (χ1) is 16.2. The van der Waals surface area contributed by atoms with E-state index in [1.807, 2.05) is 30.3 Å². The predicted octanol–water partition coefficient (Wildman–Crippen LogP) is 5.65. The molecule has 1 aliphatic heterocycles. The van der Waals surface area contributed by atoms with Crippen LogP contribution in [0, 0.1) is 0 Å². The summed E-state index contributed by atoms with van der Waals surface area (Å²) in [5.41, 5.74) is 5.03. The summed E-state index contributed by atoms with van der Waals surface area (Å²) >= 11 is 0. The molecule has 168 valence electrons. The van der Waals surface area contributed by atoms with Crippen LogP contribution in [-0.2, 0) is 17.8 Å². The third-order valence-corrected chi connectivity index (χ3v) is 6.76. The molecule has 1 unspecified atom stereocenters. The first-order valence-corrected chi connectivity index (χ1v) is 11.7. The van der Waals surface area contributed by atoms with Crippen molar-refractivity contribution in [2.45, 2.75) is 31.7 Å². The summed E-state index contributed by atoms with van der Waals surface area (Å²) in [5.74, 6) is 1.52. The van der Waals surface area contributed by atoms with Crippen LogP contribution in [0.4, 0.5) is 0 Å². The van der Waals surface area contributed by atoms with E-state index in [4.69, 9.17) is 4.74 Å². The molecule has 5 rings (SSSR count). The molecule has 1 saturated heterocycles. The standard InChI is InChI=1S/C29H30N2O2/c1-33-25-11-7-10-23(18-25)19-31-21-27(26-12-5-6-13-28(26)31)24-16-17-30(20-24)29(32)15-14-22-8-3-2-4-9-22/h2-13,18,21,24H,14-17,19-20H2,1H3. The molecule has 4 nitrogen and oxygen atoms in total. The fraction of sp³-hybridized carbons (Fsp3) is 0.276. The molecule has 4 aromatic rings. The van der Waals surface area contributed by atoms with Crippen molar-refractivity contribution >= 4 is 16.8 Å². The largest absolute Gasteiger partial charge is 0.497 e. The SMILES string of the molecule is COc1cccc(Cn2cc(C3CCN(C(=O)CCc4ccccc4)C3)c3ccccc32)c1. The van der Waals surface area contributed by atoms with E-state index in [2.05, 4.69) is 64.2 Å². The zero-order chi connectivity index (χ0) is 22.6. The van der Waals surface area contributed by atoms with Gasteiger partial charge in [-0.1, -0.05) is 60.7 Å². The van der Waals surface area contributed by atoms with Gasteiger partial charge in [0.25, 0.3) is 0 Å². The van der Waals surface area contributed by atoms with Crippen LogP contribution in [-0.4, -0.2) is 35.6 Å². The van der Waals surface area contributed by atoms with E-state index in [0.29, 0.717) is 12.3 Å². The van der Waals surface area contributed by atoms with Gasteiger partial charge in [0, 0.05) is 49.1 Å². The molecule has 1 aliphatic rings. The van der Waals surface area contributed by atoms with E-state index in [1.165, 1.54) is 27.6 Å². The topological polar surface area (TPSA) is 34.5 Å². The third-order valence-electron chi connectivity index (χ3n) is 6.76. The van der Waals surface area contributed by atoms with Gasteiger partial charge in [-0.15, -0.1) is 0 Å². The van der Waals surface area contributed by atoms with Crippen LogP contribution in [0.25, 0.3) is 10.9 Å². The molecule has 1 aromatic heterocycles. The van der Waals surface area contributed by atoms with E-state index in [9.17, 15) is 4.79 Å². The quantitative estimate of drug-likeness (QED) is 0.374. The number of carbonyl (C=O) groups excluding carboxylic acids is 1. The molecule has 1 atom stereocenters. The van der Waals surface area contributed by atoms with Gasteiger partial charge in [-0.2, -0.15) is 0 Å². The van der Waals surface area contributed by atoms with E-state index < -0.39 is 0 Å². The van der Waals surface area contributed by atoms with Crippen molar-refractivity contribution in [1.29, 1.82) is 0 Å². The molecule has 3 aromatic carbocycles. The van der Waals surface area contributed by atoms with Crippen molar-refractivity contribution in [3.05, 3.63) is 102 Å². The number of hydrogen-bond donors (Lipinski definition) is 0. The smallest absolute Gasteiger partial charge is 0.222 e. The van der Waals surface area contributed by atoms with Crippen LogP contribution in [0.3, 0.4) is 0 Å². The maximum absolute atomic E-state index is 12.9. The van der Waals surface area contributed by atoms with E-state index in [-0.39, 0.29) is 5.91 Å². The van der Waals surface area contributed by atoms with Gasteiger partial charge in [0.05, 0.1) is 7.11 Å². The van der Waals surface area contributed by atoms with Crippen molar-refractivity contribution in [2.75, 3.05) is 20.2 Å². The van der Waals surface area contributed by atoms with Gasteiger partial charge >= 0.3 is 0 Å². The second-order valence-electron chi connectivity index (χ2n) is 8.89. The number of likely N-dealkylation sites (tertiary alicyclic amines) is 1. The average molecular weight is 439 g/mol. The fourth-order valence-electron chi connectivity index (χ4n) is 4.99. The van der Waals surface area contributed by atoms with Crippen LogP contribution in [0.2, 0.25) is 0 Å². The molecule has 1 amide bonds. The van der Waals surface area contributed by atoms with E-state index in [1.54, 1.807) is 7.11 Å². The Kier molecular flexibility index (Phi) is 6.16. The highest BCUT2D eigenvalue weighted by atomic mass is 16.5. The number of aryl methyl sites for hydroxylation is 1. The number of nitrogens with zero attached hydrogens (tertiary/aromatic N) is 2. The lowest BCUT2D eigenvalue weighted by Crippen LogP contribution is -2.28. The molecule has 1 fully saturated rings. The number of para-hydroxylation sites is 1. The van der Waals surface area contributed by atoms with Gasteiger partial charge in [0.2, 0.25) is 5.91 Å². The lowest BCUT2D eigenvalue weighted by atomic mass is 9.98. The number of benzene rings is 3. The van der Waals surface area contributed by atoms with Crippen LogP contribution in [0.5, 0.6) is 5.75 Å². The maximum Gasteiger partial charge on any atom is 0.222 e. The third kappa shape index (κ3) is 4.65. The number of carbonyl (C=O) groups is 1. The number of rotatable bonds is 7. The number of ether oxygens (including phenoxy) is 1. The Labute approximate surface area is 195 Å². The summed E-state index contributed by atoms with van der Waals surface area (Å²) in [6.07, 6.45) is 4.70. The highest BCUT2D eigenvalue weighted by molar-refractivity contribution is 5.85. The first-order valence-electron chi connectivity index (χ1n) is 11.7. The number of amides is 1. The van der Waals surface area contributed by atoms with Crippen LogP contribution >= 0.6 is 0 Å². The van der Waals surface area contributed by atoms with Crippen molar-refractivity contribution in [3.63, 3.8) is 0 Å². The van der Waals surface area contributed by atoms with Crippen LogP contribution in [0.1, 0.15) is 35.4 Å². The maximum atomic E-state index is 12.9. The van der Waals surface area contributed by atoms with Crippen molar-refractivity contribution < 1.29 is 9.53 Å². The van der Waals surface area contributed by atoms with Gasteiger partial charge < -0.3 is 14.2 Å². The molecule has 0 spiro atoms.